The maximum absolute atomic E-state index is 12.5. The van der Waals surface area contributed by atoms with Crippen molar-refractivity contribution in [1.29, 1.82) is 0 Å². The van der Waals surface area contributed by atoms with Crippen molar-refractivity contribution in [2.75, 3.05) is 0 Å². The Labute approximate surface area is 145 Å². The van der Waals surface area contributed by atoms with Crippen LogP contribution in [0, 0.1) is 0 Å². The van der Waals surface area contributed by atoms with Crippen LogP contribution in [-0.2, 0) is 28.4 Å². The molecule has 124 valence electrons. The molecule has 0 aliphatic rings. The fourth-order valence-corrected chi connectivity index (χ4v) is 4.42. The van der Waals surface area contributed by atoms with Gasteiger partial charge in [-0.2, -0.15) is 0 Å². The summed E-state index contributed by atoms with van der Waals surface area (Å²) in [5.74, 6) is 1.04. The average molecular weight is 359 g/mol. The van der Waals surface area contributed by atoms with E-state index < -0.39 is 9.84 Å². The highest BCUT2D eigenvalue weighted by Crippen LogP contribution is 2.22. The van der Waals surface area contributed by atoms with E-state index in [1.54, 1.807) is 41.9 Å². The van der Waals surface area contributed by atoms with Crippen molar-refractivity contribution in [3.05, 3.63) is 72.1 Å². The average Bonchev–Trinajstić information content (AvgIpc) is 2.94. The number of hydrogen-bond acceptors (Lipinski definition) is 5. The molecule has 0 aliphatic heterocycles. The molecule has 0 N–H and O–H groups in total. The summed E-state index contributed by atoms with van der Waals surface area (Å²) in [6.07, 6.45) is 0. The zero-order chi connectivity index (χ0) is 17.0. The predicted octanol–water partition coefficient (Wildman–Crippen LogP) is 3.08. The van der Waals surface area contributed by atoms with Crippen LogP contribution in [0.25, 0.3) is 0 Å². The van der Waals surface area contributed by atoms with Crippen molar-refractivity contribution < 1.29 is 8.42 Å². The van der Waals surface area contributed by atoms with E-state index in [4.69, 9.17) is 0 Å². The first-order chi connectivity index (χ1) is 11.6. The standard InChI is InChI=1S/C17H17N3O2S2/c1-20-16(13-24(21,22)15-10-6-3-7-11-15)18-19-17(20)23-12-14-8-4-2-5-9-14/h2-11H,12-13H2,1H3. The minimum Gasteiger partial charge on any atom is -0.308 e. The normalized spacial score (nSPS) is 11.5. The van der Waals surface area contributed by atoms with Crippen molar-refractivity contribution in [3.8, 4) is 0 Å². The van der Waals surface area contributed by atoms with Gasteiger partial charge in [0.15, 0.2) is 15.0 Å². The Hall–Kier alpha value is -2.12. The van der Waals surface area contributed by atoms with Gasteiger partial charge in [0.2, 0.25) is 0 Å². The lowest BCUT2D eigenvalue weighted by Gasteiger charge is -2.05. The molecule has 1 heterocycles. The highest BCUT2D eigenvalue weighted by atomic mass is 32.2. The zero-order valence-corrected chi connectivity index (χ0v) is 14.8. The highest BCUT2D eigenvalue weighted by molar-refractivity contribution is 7.98. The van der Waals surface area contributed by atoms with E-state index in [0.29, 0.717) is 15.9 Å². The van der Waals surface area contributed by atoms with E-state index in [-0.39, 0.29) is 5.75 Å². The molecule has 1 aromatic heterocycles. The van der Waals surface area contributed by atoms with Crippen LogP contribution < -0.4 is 0 Å². The molecule has 0 spiro atoms. The van der Waals surface area contributed by atoms with Crippen LogP contribution in [0.2, 0.25) is 0 Å². The van der Waals surface area contributed by atoms with Crippen molar-refractivity contribution in [3.63, 3.8) is 0 Å². The number of hydrogen-bond donors (Lipinski definition) is 0. The van der Waals surface area contributed by atoms with Gasteiger partial charge in [-0.05, 0) is 17.7 Å². The first kappa shape index (κ1) is 16.7. The lowest BCUT2D eigenvalue weighted by molar-refractivity contribution is 0.591. The molecule has 0 fully saturated rings. The summed E-state index contributed by atoms with van der Waals surface area (Å²) < 4.78 is 26.7. The molecule has 0 saturated carbocycles. The van der Waals surface area contributed by atoms with Crippen LogP contribution in [0.3, 0.4) is 0 Å². The van der Waals surface area contributed by atoms with Crippen LogP contribution >= 0.6 is 11.8 Å². The summed E-state index contributed by atoms with van der Waals surface area (Å²) in [5.41, 5.74) is 1.18. The first-order valence-electron chi connectivity index (χ1n) is 7.39. The van der Waals surface area contributed by atoms with Gasteiger partial charge in [0.25, 0.3) is 0 Å². The summed E-state index contributed by atoms with van der Waals surface area (Å²) in [6, 6.07) is 18.5. The Balaban J connectivity index is 1.73. The Morgan fingerprint density at radius 1 is 0.958 bits per heavy atom. The third kappa shape index (κ3) is 3.85. The van der Waals surface area contributed by atoms with E-state index in [9.17, 15) is 8.42 Å². The molecule has 7 heteroatoms. The zero-order valence-electron chi connectivity index (χ0n) is 13.2. The number of thioether (sulfide) groups is 1. The minimum atomic E-state index is -3.42. The number of sulfone groups is 1. The van der Waals surface area contributed by atoms with Crippen molar-refractivity contribution in [2.45, 2.75) is 21.6 Å². The molecule has 0 unspecified atom stereocenters. The number of rotatable bonds is 6. The monoisotopic (exact) mass is 359 g/mol. The van der Waals surface area contributed by atoms with E-state index in [0.717, 1.165) is 5.75 Å². The molecule has 5 nitrogen and oxygen atoms in total. The SMILES string of the molecule is Cn1c(CS(=O)(=O)c2ccccc2)nnc1SCc1ccccc1. The van der Waals surface area contributed by atoms with Gasteiger partial charge in [-0.25, -0.2) is 8.42 Å². The van der Waals surface area contributed by atoms with Crippen LogP contribution in [-0.4, -0.2) is 23.2 Å². The predicted molar refractivity (Wildman–Crippen MR) is 94.3 cm³/mol. The molecule has 3 rings (SSSR count). The second-order valence-electron chi connectivity index (χ2n) is 5.30. The molecule has 0 atom stereocenters. The quantitative estimate of drug-likeness (QED) is 0.633. The summed E-state index contributed by atoms with van der Waals surface area (Å²) in [5, 5.41) is 8.88. The Kier molecular flexibility index (Phi) is 5.01. The van der Waals surface area contributed by atoms with Gasteiger partial charge in [-0.3, -0.25) is 0 Å². The number of benzene rings is 2. The number of aromatic nitrogens is 3. The van der Waals surface area contributed by atoms with Gasteiger partial charge in [0.05, 0.1) is 4.90 Å². The lowest BCUT2D eigenvalue weighted by Crippen LogP contribution is -2.09. The van der Waals surface area contributed by atoms with Crippen molar-refractivity contribution in [2.24, 2.45) is 7.05 Å². The largest absolute Gasteiger partial charge is 0.308 e. The molecular weight excluding hydrogens is 342 g/mol. The van der Waals surface area contributed by atoms with Crippen LogP contribution in [0.4, 0.5) is 0 Å². The highest BCUT2D eigenvalue weighted by Gasteiger charge is 2.20. The van der Waals surface area contributed by atoms with Gasteiger partial charge < -0.3 is 4.57 Å². The van der Waals surface area contributed by atoms with Gasteiger partial charge in [-0.1, -0.05) is 60.3 Å². The van der Waals surface area contributed by atoms with Crippen LogP contribution in [0.1, 0.15) is 11.4 Å². The minimum absolute atomic E-state index is 0.160. The molecule has 0 amide bonds. The topological polar surface area (TPSA) is 64.8 Å². The van der Waals surface area contributed by atoms with E-state index in [1.807, 2.05) is 30.3 Å². The second kappa shape index (κ2) is 7.19. The molecule has 2 aromatic carbocycles. The molecule has 0 bridgehead atoms. The smallest absolute Gasteiger partial charge is 0.191 e. The third-order valence-corrected chi connectivity index (χ3v) is 6.28. The Bertz CT molecular complexity index is 908. The van der Waals surface area contributed by atoms with E-state index in [2.05, 4.69) is 10.2 Å². The third-order valence-electron chi connectivity index (χ3n) is 3.56. The number of nitrogens with zero attached hydrogens (tertiary/aromatic N) is 3. The van der Waals surface area contributed by atoms with Crippen LogP contribution in [0.15, 0.2) is 70.7 Å². The summed E-state index contributed by atoms with van der Waals surface area (Å²) >= 11 is 1.54. The Morgan fingerprint density at radius 2 is 1.58 bits per heavy atom. The van der Waals surface area contributed by atoms with Gasteiger partial charge in [0, 0.05) is 12.8 Å². The van der Waals surface area contributed by atoms with Gasteiger partial charge in [-0.15, -0.1) is 10.2 Å². The second-order valence-corrected chi connectivity index (χ2v) is 8.24. The maximum Gasteiger partial charge on any atom is 0.191 e. The molecule has 0 radical (unpaired) electrons. The van der Waals surface area contributed by atoms with Gasteiger partial charge >= 0.3 is 0 Å². The summed E-state index contributed by atoms with van der Waals surface area (Å²) in [7, 11) is -1.63. The van der Waals surface area contributed by atoms with E-state index in [1.165, 1.54) is 17.3 Å². The van der Waals surface area contributed by atoms with E-state index >= 15 is 0 Å². The maximum atomic E-state index is 12.5. The molecule has 3 aromatic rings. The van der Waals surface area contributed by atoms with Crippen molar-refractivity contribution >= 4 is 21.6 Å². The molecule has 24 heavy (non-hydrogen) atoms. The van der Waals surface area contributed by atoms with Gasteiger partial charge in [0.1, 0.15) is 11.6 Å². The Morgan fingerprint density at radius 3 is 2.25 bits per heavy atom. The summed E-state index contributed by atoms with van der Waals surface area (Å²) in [4.78, 5) is 0.298. The lowest BCUT2D eigenvalue weighted by atomic mass is 10.2. The molecule has 0 aliphatic carbocycles. The molecular formula is C17H17N3O2S2. The van der Waals surface area contributed by atoms with Crippen molar-refractivity contribution in [1.82, 2.24) is 14.8 Å². The summed E-state index contributed by atoms with van der Waals surface area (Å²) in [6.45, 7) is 0. The first-order valence-corrected chi connectivity index (χ1v) is 10.0. The van der Waals surface area contributed by atoms with Crippen LogP contribution in [0.5, 0.6) is 0 Å². The fourth-order valence-electron chi connectivity index (χ4n) is 2.20. The fraction of sp³-hybridized carbons (Fsp3) is 0.176. The molecule has 0 saturated heterocycles.